The molecular formula is C23H19F3N4O4. The highest BCUT2D eigenvalue weighted by Crippen LogP contribution is 2.38. The van der Waals surface area contributed by atoms with Gasteiger partial charge in [-0.3, -0.25) is 14.3 Å². The first-order chi connectivity index (χ1) is 16.2. The van der Waals surface area contributed by atoms with Crippen LogP contribution in [0.5, 0.6) is 5.75 Å². The van der Waals surface area contributed by atoms with Crippen LogP contribution in [0.2, 0.25) is 0 Å². The second kappa shape index (κ2) is 8.15. The number of carboxylic acid groups (broad SMARTS) is 1. The van der Waals surface area contributed by atoms with Crippen LogP contribution in [-0.2, 0) is 23.9 Å². The van der Waals surface area contributed by atoms with E-state index in [1.165, 1.54) is 15.3 Å². The standard InChI is InChI=1S/C23H19F3N4O4/c24-23(25,26)16-7-20-27-14(9-29(20)11-19(16)34-12-13-5-6-13)10-30-18-4-2-1-3-15(18)22(33)17(28-30)8-21(31)32/h1-4,7,9,11,13H,5-6,8,10,12H2,(H,31,32). The van der Waals surface area contributed by atoms with Crippen molar-refractivity contribution in [3.8, 4) is 5.75 Å². The molecule has 1 aliphatic carbocycles. The molecule has 176 valence electrons. The summed E-state index contributed by atoms with van der Waals surface area (Å²) < 4.78 is 49.2. The van der Waals surface area contributed by atoms with Gasteiger partial charge in [0.15, 0.2) is 0 Å². The minimum absolute atomic E-state index is 0.0225. The summed E-state index contributed by atoms with van der Waals surface area (Å²) in [5.74, 6) is -1.17. The summed E-state index contributed by atoms with van der Waals surface area (Å²) in [6, 6.07) is 7.54. The Morgan fingerprint density at radius 1 is 1.21 bits per heavy atom. The molecule has 0 radical (unpaired) electrons. The number of benzene rings is 1. The fraction of sp³-hybridized carbons (Fsp3) is 0.304. The van der Waals surface area contributed by atoms with Crippen LogP contribution in [0.3, 0.4) is 0 Å². The number of nitrogens with zero attached hydrogens (tertiary/aromatic N) is 4. The lowest BCUT2D eigenvalue weighted by Crippen LogP contribution is -2.22. The number of imidazole rings is 1. The molecular weight excluding hydrogens is 453 g/mol. The van der Waals surface area contributed by atoms with Gasteiger partial charge in [-0.05, 0) is 37.0 Å². The first kappa shape index (κ1) is 21.9. The van der Waals surface area contributed by atoms with E-state index in [1.807, 2.05) is 0 Å². The molecule has 5 rings (SSSR count). The Labute approximate surface area is 190 Å². The van der Waals surface area contributed by atoms with Crippen LogP contribution in [0.1, 0.15) is 29.8 Å². The zero-order valence-electron chi connectivity index (χ0n) is 17.7. The molecule has 34 heavy (non-hydrogen) atoms. The summed E-state index contributed by atoms with van der Waals surface area (Å²) in [4.78, 5) is 28.1. The van der Waals surface area contributed by atoms with E-state index in [0.29, 0.717) is 16.6 Å². The zero-order valence-corrected chi connectivity index (χ0v) is 17.7. The number of hydrogen-bond donors (Lipinski definition) is 1. The quantitative estimate of drug-likeness (QED) is 0.442. The maximum absolute atomic E-state index is 13.6. The average molecular weight is 472 g/mol. The highest BCUT2D eigenvalue weighted by atomic mass is 19.4. The van der Waals surface area contributed by atoms with Gasteiger partial charge in [-0.2, -0.15) is 18.3 Å². The third-order valence-corrected chi connectivity index (χ3v) is 5.64. The molecule has 0 unspecified atom stereocenters. The van der Waals surface area contributed by atoms with Crippen molar-refractivity contribution in [3.05, 3.63) is 69.9 Å². The van der Waals surface area contributed by atoms with Crippen LogP contribution in [0, 0.1) is 5.92 Å². The zero-order chi connectivity index (χ0) is 24.0. The third-order valence-electron chi connectivity index (χ3n) is 5.64. The molecule has 1 saturated carbocycles. The number of hydrogen-bond acceptors (Lipinski definition) is 5. The Kier molecular flexibility index (Phi) is 5.26. The van der Waals surface area contributed by atoms with Gasteiger partial charge < -0.3 is 14.2 Å². The van der Waals surface area contributed by atoms with Crippen LogP contribution < -0.4 is 10.2 Å². The van der Waals surface area contributed by atoms with E-state index in [0.717, 1.165) is 18.9 Å². The Hall–Kier alpha value is -3.89. The van der Waals surface area contributed by atoms with Crippen LogP contribution in [-0.4, -0.2) is 36.8 Å². The predicted molar refractivity (Wildman–Crippen MR) is 115 cm³/mol. The molecule has 4 aromatic rings. The average Bonchev–Trinajstić information content (AvgIpc) is 3.52. The molecule has 1 aromatic carbocycles. The number of rotatable bonds is 7. The lowest BCUT2D eigenvalue weighted by Gasteiger charge is -2.14. The van der Waals surface area contributed by atoms with E-state index in [9.17, 15) is 22.8 Å². The van der Waals surface area contributed by atoms with E-state index in [-0.39, 0.29) is 36.2 Å². The van der Waals surface area contributed by atoms with Crippen molar-refractivity contribution < 1.29 is 27.8 Å². The number of aromatic nitrogens is 4. The van der Waals surface area contributed by atoms with Crippen molar-refractivity contribution in [1.82, 2.24) is 19.2 Å². The van der Waals surface area contributed by atoms with Crippen molar-refractivity contribution in [2.45, 2.75) is 32.0 Å². The number of fused-ring (bicyclic) bond motifs is 2. The summed E-state index contributed by atoms with van der Waals surface area (Å²) in [6.45, 7) is 0.254. The molecule has 1 N–H and O–H groups in total. The van der Waals surface area contributed by atoms with E-state index < -0.39 is 29.6 Å². The summed E-state index contributed by atoms with van der Waals surface area (Å²) in [5.41, 5.74) is -0.578. The summed E-state index contributed by atoms with van der Waals surface area (Å²) in [7, 11) is 0. The largest absolute Gasteiger partial charge is 0.491 e. The summed E-state index contributed by atoms with van der Waals surface area (Å²) in [6.07, 6.45) is -0.429. The van der Waals surface area contributed by atoms with E-state index >= 15 is 0 Å². The number of pyridine rings is 1. The molecule has 1 fully saturated rings. The first-order valence-electron chi connectivity index (χ1n) is 10.6. The molecule has 1 aliphatic rings. The maximum atomic E-state index is 13.6. The Bertz CT molecular complexity index is 1470. The fourth-order valence-corrected chi connectivity index (χ4v) is 3.80. The van der Waals surface area contributed by atoms with Crippen LogP contribution in [0.25, 0.3) is 16.6 Å². The van der Waals surface area contributed by atoms with Crippen molar-refractivity contribution in [2.75, 3.05) is 6.61 Å². The van der Waals surface area contributed by atoms with Gasteiger partial charge in [0.1, 0.15) is 22.7 Å². The monoisotopic (exact) mass is 472 g/mol. The maximum Gasteiger partial charge on any atom is 0.420 e. The number of aliphatic carboxylic acids is 1. The molecule has 3 heterocycles. The Morgan fingerprint density at radius 3 is 2.68 bits per heavy atom. The van der Waals surface area contributed by atoms with E-state index in [1.54, 1.807) is 30.5 Å². The number of carboxylic acids is 1. The van der Waals surface area contributed by atoms with Gasteiger partial charge in [-0.15, -0.1) is 0 Å². The van der Waals surface area contributed by atoms with Gasteiger partial charge in [0.25, 0.3) is 0 Å². The molecule has 3 aromatic heterocycles. The topological polar surface area (TPSA) is 98.7 Å². The molecule has 0 aliphatic heterocycles. The Morgan fingerprint density at radius 2 is 1.97 bits per heavy atom. The highest BCUT2D eigenvalue weighted by molar-refractivity contribution is 5.80. The van der Waals surface area contributed by atoms with Gasteiger partial charge in [0.05, 0.1) is 37.0 Å². The summed E-state index contributed by atoms with van der Waals surface area (Å²) >= 11 is 0. The number of halogens is 3. The predicted octanol–water partition coefficient (Wildman–Crippen LogP) is 3.53. The van der Waals surface area contributed by atoms with Gasteiger partial charge in [-0.1, -0.05) is 12.1 Å². The minimum atomic E-state index is -4.60. The number of para-hydroxylation sites is 1. The number of carbonyl (C=O) groups is 1. The third kappa shape index (κ3) is 4.33. The highest BCUT2D eigenvalue weighted by Gasteiger charge is 2.36. The normalized spacial score (nSPS) is 14.1. The summed E-state index contributed by atoms with van der Waals surface area (Å²) in [5, 5.41) is 13.6. The molecule has 11 heteroatoms. The number of alkyl halides is 3. The van der Waals surface area contributed by atoms with Crippen molar-refractivity contribution in [1.29, 1.82) is 0 Å². The molecule has 0 bridgehead atoms. The van der Waals surface area contributed by atoms with Crippen molar-refractivity contribution in [2.24, 2.45) is 5.92 Å². The lowest BCUT2D eigenvalue weighted by molar-refractivity contribution is -0.139. The molecule has 0 amide bonds. The molecule has 0 spiro atoms. The van der Waals surface area contributed by atoms with Gasteiger partial charge in [-0.25, -0.2) is 4.98 Å². The first-order valence-corrected chi connectivity index (χ1v) is 10.6. The van der Waals surface area contributed by atoms with Crippen LogP contribution in [0.4, 0.5) is 13.2 Å². The second-order valence-electron chi connectivity index (χ2n) is 8.32. The van der Waals surface area contributed by atoms with Gasteiger partial charge in [0.2, 0.25) is 5.43 Å². The van der Waals surface area contributed by atoms with E-state index in [4.69, 9.17) is 9.84 Å². The van der Waals surface area contributed by atoms with Crippen molar-refractivity contribution in [3.63, 3.8) is 0 Å². The van der Waals surface area contributed by atoms with Crippen LogP contribution in [0.15, 0.2) is 47.5 Å². The van der Waals surface area contributed by atoms with E-state index in [2.05, 4.69) is 10.1 Å². The Balaban J connectivity index is 1.55. The second-order valence-corrected chi connectivity index (χ2v) is 8.32. The SMILES string of the molecule is O=C(O)Cc1nn(Cc2cn3cc(OCC4CC4)c(C(F)(F)F)cc3n2)c2ccccc2c1=O. The molecule has 8 nitrogen and oxygen atoms in total. The molecule has 0 atom stereocenters. The van der Waals surface area contributed by atoms with Crippen molar-refractivity contribution >= 4 is 22.5 Å². The van der Waals surface area contributed by atoms with Crippen LogP contribution >= 0.6 is 0 Å². The fourth-order valence-electron chi connectivity index (χ4n) is 3.80. The van der Waals surface area contributed by atoms with Gasteiger partial charge in [0, 0.05) is 11.6 Å². The lowest BCUT2D eigenvalue weighted by atomic mass is 10.1. The molecule has 0 saturated heterocycles. The number of ether oxygens (including phenoxy) is 1. The smallest absolute Gasteiger partial charge is 0.420 e. The minimum Gasteiger partial charge on any atom is -0.491 e. The van der Waals surface area contributed by atoms with Gasteiger partial charge >= 0.3 is 12.1 Å².